The molecule has 2 aromatic carbocycles. The fourth-order valence-electron chi connectivity index (χ4n) is 2.61. The number of carboxylic acid groups (broad SMARTS) is 1. The zero-order valence-electron chi connectivity index (χ0n) is 13.7. The van der Waals surface area contributed by atoms with Gasteiger partial charge < -0.3 is 10.4 Å². The molecule has 2 rings (SSSR count). The number of carboxylic acids is 1. The molecule has 0 aliphatic rings. The van der Waals surface area contributed by atoms with Crippen molar-refractivity contribution >= 4 is 11.9 Å². The maximum absolute atomic E-state index is 13.3. The molecule has 0 fully saturated rings. The largest absolute Gasteiger partial charge is 0.481 e. The quantitative estimate of drug-likeness (QED) is 0.786. The van der Waals surface area contributed by atoms with Crippen LogP contribution in [0.5, 0.6) is 0 Å². The molecule has 0 aromatic heterocycles. The van der Waals surface area contributed by atoms with E-state index >= 15 is 0 Å². The average Bonchev–Trinajstić information content (AvgIpc) is 2.60. The van der Waals surface area contributed by atoms with Gasteiger partial charge in [0, 0.05) is 13.0 Å². The third kappa shape index (κ3) is 5.34. The van der Waals surface area contributed by atoms with Crippen LogP contribution in [0.1, 0.15) is 29.4 Å². The summed E-state index contributed by atoms with van der Waals surface area (Å²) in [6, 6.07) is 15.4. The smallest absolute Gasteiger partial charge is 0.396 e. The minimum absolute atomic E-state index is 0.00649. The Morgan fingerprint density at radius 2 is 1.42 bits per heavy atom. The van der Waals surface area contributed by atoms with E-state index in [2.05, 4.69) is 5.32 Å². The summed E-state index contributed by atoms with van der Waals surface area (Å²) >= 11 is 0. The molecule has 0 saturated carbocycles. The predicted molar refractivity (Wildman–Crippen MR) is 89.7 cm³/mol. The summed E-state index contributed by atoms with van der Waals surface area (Å²) in [6.07, 6.45) is -5.38. The SMILES string of the molecule is O=C(CC(c1ccccc1)C(F)(F)F)NCC(C(=O)O)c1ccccc1. The van der Waals surface area contributed by atoms with Gasteiger partial charge in [0.25, 0.3) is 0 Å². The molecule has 1 amide bonds. The number of hydrogen-bond acceptors (Lipinski definition) is 2. The first-order chi connectivity index (χ1) is 12.3. The highest BCUT2D eigenvalue weighted by atomic mass is 19.4. The molecular formula is C19H18F3NO3. The van der Waals surface area contributed by atoms with Crippen LogP contribution < -0.4 is 5.32 Å². The van der Waals surface area contributed by atoms with Crippen LogP contribution in [0, 0.1) is 0 Å². The Morgan fingerprint density at radius 1 is 0.923 bits per heavy atom. The number of aliphatic carboxylic acids is 1. The second-order valence-corrected chi connectivity index (χ2v) is 5.81. The summed E-state index contributed by atoms with van der Waals surface area (Å²) in [5, 5.41) is 11.6. The van der Waals surface area contributed by atoms with E-state index in [1.807, 2.05) is 0 Å². The lowest BCUT2D eigenvalue weighted by molar-refractivity contribution is -0.157. The third-order valence-electron chi connectivity index (χ3n) is 3.99. The maximum Gasteiger partial charge on any atom is 0.396 e. The summed E-state index contributed by atoms with van der Waals surface area (Å²) in [4.78, 5) is 23.4. The van der Waals surface area contributed by atoms with Crippen molar-refractivity contribution in [1.29, 1.82) is 0 Å². The Balaban J connectivity index is 2.05. The molecule has 0 spiro atoms. The van der Waals surface area contributed by atoms with E-state index in [0.717, 1.165) is 0 Å². The van der Waals surface area contributed by atoms with Gasteiger partial charge in [-0.3, -0.25) is 9.59 Å². The number of hydrogen-bond donors (Lipinski definition) is 2. The minimum atomic E-state index is -4.58. The molecule has 0 heterocycles. The zero-order valence-corrected chi connectivity index (χ0v) is 13.7. The van der Waals surface area contributed by atoms with Crippen LogP contribution in [-0.2, 0) is 9.59 Å². The first kappa shape index (κ1) is 19.5. The van der Waals surface area contributed by atoms with Gasteiger partial charge in [-0.1, -0.05) is 60.7 Å². The van der Waals surface area contributed by atoms with E-state index in [1.54, 1.807) is 36.4 Å². The molecule has 138 valence electrons. The molecule has 0 bridgehead atoms. The second-order valence-electron chi connectivity index (χ2n) is 5.81. The summed E-state index contributed by atoms with van der Waals surface area (Å²) < 4.78 is 39.9. The molecule has 0 aliphatic carbocycles. The highest BCUT2D eigenvalue weighted by Crippen LogP contribution is 2.37. The lowest BCUT2D eigenvalue weighted by atomic mass is 9.94. The van der Waals surface area contributed by atoms with Gasteiger partial charge in [0.15, 0.2) is 0 Å². The van der Waals surface area contributed by atoms with Gasteiger partial charge in [0.1, 0.15) is 0 Å². The number of carbonyl (C=O) groups is 2. The molecule has 2 N–H and O–H groups in total. The van der Waals surface area contributed by atoms with Gasteiger partial charge in [-0.2, -0.15) is 13.2 Å². The molecule has 4 nitrogen and oxygen atoms in total. The summed E-state index contributed by atoms with van der Waals surface area (Å²) in [5.74, 6) is -4.98. The Kier molecular flexibility index (Phi) is 6.38. The number of halogens is 3. The fourth-order valence-corrected chi connectivity index (χ4v) is 2.61. The van der Waals surface area contributed by atoms with Crippen LogP contribution in [0.2, 0.25) is 0 Å². The van der Waals surface area contributed by atoms with Crippen molar-refractivity contribution in [3.63, 3.8) is 0 Å². The van der Waals surface area contributed by atoms with Crippen LogP contribution in [0.4, 0.5) is 13.2 Å². The first-order valence-corrected chi connectivity index (χ1v) is 7.95. The van der Waals surface area contributed by atoms with Crippen molar-refractivity contribution in [2.75, 3.05) is 6.54 Å². The van der Waals surface area contributed by atoms with Crippen molar-refractivity contribution < 1.29 is 27.9 Å². The number of amides is 1. The van der Waals surface area contributed by atoms with E-state index in [1.165, 1.54) is 24.3 Å². The standard InChI is InChI=1S/C19H18F3NO3/c20-19(21,22)16(14-9-5-2-6-10-14)11-17(24)23-12-15(18(25)26)13-7-3-1-4-8-13/h1-10,15-16H,11-12H2,(H,23,24)(H,25,26). The molecule has 0 aliphatic heterocycles. The van der Waals surface area contributed by atoms with Crippen LogP contribution in [0.3, 0.4) is 0 Å². The van der Waals surface area contributed by atoms with Crippen molar-refractivity contribution in [2.24, 2.45) is 0 Å². The Bertz CT molecular complexity index is 733. The lowest BCUT2D eigenvalue weighted by Gasteiger charge is -2.21. The van der Waals surface area contributed by atoms with Crippen LogP contribution in [0.25, 0.3) is 0 Å². The highest BCUT2D eigenvalue weighted by Gasteiger charge is 2.41. The van der Waals surface area contributed by atoms with E-state index in [0.29, 0.717) is 5.56 Å². The minimum Gasteiger partial charge on any atom is -0.481 e. The van der Waals surface area contributed by atoms with Crippen molar-refractivity contribution in [3.05, 3.63) is 71.8 Å². The second kappa shape index (κ2) is 8.51. The maximum atomic E-state index is 13.3. The van der Waals surface area contributed by atoms with E-state index in [-0.39, 0.29) is 12.1 Å². The number of carbonyl (C=O) groups excluding carboxylic acids is 1. The lowest BCUT2D eigenvalue weighted by Crippen LogP contribution is -2.34. The Labute approximate surface area is 148 Å². The van der Waals surface area contributed by atoms with Gasteiger partial charge >= 0.3 is 12.1 Å². The van der Waals surface area contributed by atoms with E-state index < -0.39 is 36.3 Å². The number of benzene rings is 2. The molecule has 0 radical (unpaired) electrons. The van der Waals surface area contributed by atoms with Gasteiger partial charge in [-0.25, -0.2) is 0 Å². The summed E-state index contributed by atoms with van der Waals surface area (Å²) in [5.41, 5.74) is 0.462. The van der Waals surface area contributed by atoms with Crippen LogP contribution in [-0.4, -0.2) is 29.7 Å². The van der Waals surface area contributed by atoms with Gasteiger partial charge in [-0.15, -0.1) is 0 Å². The van der Waals surface area contributed by atoms with Crippen molar-refractivity contribution in [1.82, 2.24) is 5.32 Å². The predicted octanol–water partition coefficient (Wildman–Crippen LogP) is 3.71. The van der Waals surface area contributed by atoms with E-state index in [9.17, 15) is 27.9 Å². The number of alkyl halides is 3. The van der Waals surface area contributed by atoms with Crippen LogP contribution in [0.15, 0.2) is 60.7 Å². The van der Waals surface area contributed by atoms with Crippen molar-refractivity contribution in [3.8, 4) is 0 Å². The monoisotopic (exact) mass is 365 g/mol. The first-order valence-electron chi connectivity index (χ1n) is 7.95. The molecule has 0 saturated heterocycles. The van der Waals surface area contributed by atoms with E-state index in [4.69, 9.17) is 0 Å². The summed E-state index contributed by atoms with van der Waals surface area (Å²) in [7, 11) is 0. The molecule has 2 unspecified atom stereocenters. The molecular weight excluding hydrogens is 347 g/mol. The topological polar surface area (TPSA) is 66.4 Å². The molecule has 26 heavy (non-hydrogen) atoms. The Hall–Kier alpha value is -2.83. The summed E-state index contributed by atoms with van der Waals surface area (Å²) in [6.45, 7) is -0.280. The third-order valence-corrected chi connectivity index (χ3v) is 3.99. The normalized spacial score (nSPS) is 13.7. The van der Waals surface area contributed by atoms with Crippen molar-refractivity contribution in [2.45, 2.75) is 24.4 Å². The molecule has 2 atom stereocenters. The molecule has 7 heteroatoms. The number of nitrogens with one attached hydrogen (secondary N) is 1. The average molecular weight is 365 g/mol. The van der Waals surface area contributed by atoms with Gasteiger partial charge in [0.2, 0.25) is 5.91 Å². The van der Waals surface area contributed by atoms with Gasteiger partial charge in [0.05, 0.1) is 11.8 Å². The van der Waals surface area contributed by atoms with Crippen LogP contribution >= 0.6 is 0 Å². The zero-order chi connectivity index (χ0) is 19.2. The Morgan fingerprint density at radius 3 is 1.88 bits per heavy atom. The highest BCUT2D eigenvalue weighted by molar-refractivity contribution is 5.80. The fraction of sp³-hybridized carbons (Fsp3) is 0.263. The molecule has 2 aromatic rings. The number of rotatable bonds is 7. The van der Waals surface area contributed by atoms with Gasteiger partial charge in [-0.05, 0) is 11.1 Å².